The largest absolute Gasteiger partial charge is 0.342 e. The van der Waals surface area contributed by atoms with Crippen LogP contribution >= 0.6 is 35.0 Å². The van der Waals surface area contributed by atoms with E-state index < -0.39 is 15.8 Å². The monoisotopic (exact) mass is 490 g/mol. The molecule has 1 heterocycles. The molecule has 0 spiro atoms. The Hall–Kier alpha value is -1.32. The first-order valence-corrected chi connectivity index (χ1v) is 12.5. The summed E-state index contributed by atoms with van der Waals surface area (Å²) in [5.74, 6) is -0.525. The Bertz CT molecular complexity index is 1010. The van der Waals surface area contributed by atoms with Crippen LogP contribution in [0.3, 0.4) is 0 Å². The predicted molar refractivity (Wildman–Crippen MR) is 118 cm³/mol. The van der Waals surface area contributed by atoms with E-state index in [1.54, 1.807) is 23.1 Å². The van der Waals surface area contributed by atoms with Gasteiger partial charge in [-0.2, -0.15) is 0 Å². The maximum atomic E-state index is 13.0. The first kappa shape index (κ1) is 23.3. The molecule has 0 aromatic heterocycles. The Morgan fingerprint density at radius 1 is 1.17 bits per heavy atom. The molecule has 1 saturated heterocycles. The first-order valence-electron chi connectivity index (χ1n) is 9.34. The minimum Gasteiger partial charge on any atom is -0.342 e. The van der Waals surface area contributed by atoms with Gasteiger partial charge >= 0.3 is 0 Å². The highest BCUT2D eigenvalue weighted by atomic mass is 35.5. The molecule has 5 nitrogen and oxygen atoms in total. The molecule has 162 valence electrons. The quantitative estimate of drug-likeness (QED) is 0.601. The highest BCUT2D eigenvalue weighted by molar-refractivity contribution is 8.00. The molecule has 1 aliphatic rings. The normalized spacial score (nSPS) is 16.5. The van der Waals surface area contributed by atoms with Gasteiger partial charge < -0.3 is 4.90 Å². The summed E-state index contributed by atoms with van der Waals surface area (Å²) < 4.78 is 40.6. The minimum absolute atomic E-state index is 0.0193. The fraction of sp³-hybridized carbons (Fsp3) is 0.350. The summed E-state index contributed by atoms with van der Waals surface area (Å²) in [5, 5.41) is 0.738. The van der Waals surface area contributed by atoms with Crippen LogP contribution < -0.4 is 4.72 Å². The van der Waals surface area contributed by atoms with Crippen LogP contribution in [0.1, 0.15) is 19.8 Å². The maximum Gasteiger partial charge on any atom is 0.240 e. The van der Waals surface area contributed by atoms with Crippen molar-refractivity contribution in [2.45, 2.75) is 40.8 Å². The molecule has 0 aliphatic carbocycles. The minimum atomic E-state index is -3.73. The lowest BCUT2D eigenvalue weighted by Crippen LogP contribution is -2.48. The Labute approximate surface area is 190 Å². The van der Waals surface area contributed by atoms with Crippen LogP contribution in [-0.4, -0.2) is 43.6 Å². The van der Waals surface area contributed by atoms with Gasteiger partial charge in [0.05, 0.1) is 15.2 Å². The molecule has 10 heteroatoms. The highest BCUT2D eigenvalue weighted by Crippen LogP contribution is 2.33. The number of piperidine rings is 1. The number of amides is 1. The summed E-state index contributed by atoms with van der Waals surface area (Å²) in [6, 6.07) is 9.53. The van der Waals surface area contributed by atoms with Gasteiger partial charge in [-0.15, -0.1) is 11.8 Å². The third-order valence-corrected chi connectivity index (χ3v) is 8.16. The van der Waals surface area contributed by atoms with Crippen molar-refractivity contribution >= 4 is 50.9 Å². The molecule has 0 bridgehead atoms. The molecule has 1 atom stereocenters. The lowest BCUT2D eigenvalue weighted by Gasteiger charge is -2.33. The van der Waals surface area contributed by atoms with E-state index in [9.17, 15) is 17.6 Å². The highest BCUT2D eigenvalue weighted by Gasteiger charge is 2.29. The van der Waals surface area contributed by atoms with E-state index in [2.05, 4.69) is 4.72 Å². The van der Waals surface area contributed by atoms with Crippen LogP contribution in [-0.2, 0) is 14.8 Å². The Balaban J connectivity index is 1.55. The molecule has 1 amide bonds. The van der Waals surface area contributed by atoms with E-state index in [1.807, 2.05) is 6.92 Å². The van der Waals surface area contributed by atoms with Crippen LogP contribution in [0, 0.1) is 5.82 Å². The Morgan fingerprint density at radius 3 is 2.43 bits per heavy atom. The topological polar surface area (TPSA) is 66.5 Å². The molecule has 1 fully saturated rings. The Kier molecular flexibility index (Phi) is 7.68. The number of carbonyl (C=O) groups is 1. The second-order valence-corrected chi connectivity index (χ2v) is 10.9. The van der Waals surface area contributed by atoms with Crippen molar-refractivity contribution in [3.63, 3.8) is 0 Å². The number of hydrogen-bond donors (Lipinski definition) is 1. The van der Waals surface area contributed by atoms with E-state index in [0.29, 0.717) is 36.0 Å². The van der Waals surface area contributed by atoms with E-state index in [0.717, 1.165) is 17.0 Å². The molecular formula is C20H21Cl2FN2O3S2. The third kappa shape index (κ3) is 5.88. The molecule has 1 unspecified atom stereocenters. The SMILES string of the molecule is CC(Sc1cc(Cl)ccc1Cl)C(=O)N1CCC(NS(=O)(=O)c2ccc(F)cc2)CC1. The van der Waals surface area contributed by atoms with Crippen molar-refractivity contribution < 1.29 is 17.6 Å². The summed E-state index contributed by atoms with van der Waals surface area (Å²) in [6.07, 6.45) is 1.00. The van der Waals surface area contributed by atoms with E-state index in [1.165, 1.54) is 23.9 Å². The zero-order chi connectivity index (χ0) is 21.9. The number of hydrogen-bond acceptors (Lipinski definition) is 4. The summed E-state index contributed by atoms with van der Waals surface area (Å²) in [7, 11) is -3.73. The summed E-state index contributed by atoms with van der Waals surface area (Å²) >= 11 is 13.5. The number of benzene rings is 2. The van der Waals surface area contributed by atoms with Crippen molar-refractivity contribution in [2.24, 2.45) is 0 Å². The van der Waals surface area contributed by atoms with Crippen molar-refractivity contribution in [1.82, 2.24) is 9.62 Å². The number of likely N-dealkylation sites (tertiary alicyclic amines) is 1. The molecule has 3 rings (SSSR count). The van der Waals surface area contributed by atoms with Crippen LogP contribution in [0.15, 0.2) is 52.3 Å². The number of sulfonamides is 1. The number of halogens is 3. The fourth-order valence-electron chi connectivity index (χ4n) is 3.18. The number of thioether (sulfide) groups is 1. The second-order valence-electron chi connectivity index (χ2n) is 7.01. The standard InChI is InChI=1S/C20H21Cl2FN2O3S2/c1-13(29-19-12-14(21)2-7-18(19)22)20(26)25-10-8-16(9-11-25)24-30(27,28)17-5-3-15(23)4-6-17/h2-7,12-13,16,24H,8-11H2,1H3. The van der Waals surface area contributed by atoms with Gasteiger partial charge in [0, 0.05) is 29.0 Å². The zero-order valence-corrected chi connectivity index (χ0v) is 19.3. The smallest absolute Gasteiger partial charge is 0.240 e. The molecule has 0 saturated carbocycles. The van der Waals surface area contributed by atoms with Crippen molar-refractivity contribution in [3.05, 3.63) is 58.3 Å². The van der Waals surface area contributed by atoms with Gasteiger partial charge in [0.1, 0.15) is 5.82 Å². The van der Waals surface area contributed by atoms with Gasteiger partial charge in [-0.3, -0.25) is 4.79 Å². The van der Waals surface area contributed by atoms with Crippen LogP contribution in [0.2, 0.25) is 10.0 Å². The van der Waals surface area contributed by atoms with Gasteiger partial charge in [0.15, 0.2) is 0 Å². The zero-order valence-electron chi connectivity index (χ0n) is 16.1. The molecule has 2 aromatic rings. The molecule has 2 aromatic carbocycles. The first-order chi connectivity index (χ1) is 14.2. The van der Waals surface area contributed by atoms with E-state index in [4.69, 9.17) is 23.2 Å². The molecule has 30 heavy (non-hydrogen) atoms. The maximum absolute atomic E-state index is 13.0. The van der Waals surface area contributed by atoms with Gasteiger partial charge in [-0.05, 0) is 62.2 Å². The van der Waals surface area contributed by atoms with Crippen molar-refractivity contribution in [2.75, 3.05) is 13.1 Å². The molecular weight excluding hydrogens is 470 g/mol. The van der Waals surface area contributed by atoms with Gasteiger partial charge in [-0.1, -0.05) is 23.2 Å². The van der Waals surface area contributed by atoms with Crippen LogP contribution in [0.5, 0.6) is 0 Å². The second kappa shape index (κ2) is 9.87. The third-order valence-electron chi connectivity index (χ3n) is 4.80. The number of rotatable bonds is 6. The van der Waals surface area contributed by atoms with Gasteiger partial charge in [0.2, 0.25) is 15.9 Å². The number of nitrogens with one attached hydrogen (secondary N) is 1. The summed E-state index contributed by atoms with van der Waals surface area (Å²) in [6.45, 7) is 2.71. The van der Waals surface area contributed by atoms with Gasteiger partial charge in [0.25, 0.3) is 0 Å². The average molecular weight is 491 g/mol. The average Bonchev–Trinajstić information content (AvgIpc) is 2.71. The summed E-state index contributed by atoms with van der Waals surface area (Å²) in [4.78, 5) is 15.3. The van der Waals surface area contributed by atoms with Gasteiger partial charge in [-0.25, -0.2) is 17.5 Å². The molecule has 0 radical (unpaired) electrons. The van der Waals surface area contributed by atoms with Crippen LogP contribution in [0.4, 0.5) is 4.39 Å². The predicted octanol–water partition coefficient (Wildman–Crippen LogP) is 4.58. The van der Waals surface area contributed by atoms with Crippen molar-refractivity contribution in [1.29, 1.82) is 0 Å². The van der Waals surface area contributed by atoms with E-state index >= 15 is 0 Å². The number of carbonyl (C=O) groups excluding carboxylic acids is 1. The lowest BCUT2D eigenvalue weighted by molar-refractivity contribution is -0.131. The van der Waals surface area contributed by atoms with E-state index in [-0.39, 0.29) is 22.1 Å². The van der Waals surface area contributed by atoms with Crippen LogP contribution in [0.25, 0.3) is 0 Å². The number of nitrogens with zero attached hydrogens (tertiary/aromatic N) is 1. The Morgan fingerprint density at radius 2 is 1.80 bits per heavy atom. The molecule has 1 N–H and O–H groups in total. The lowest BCUT2D eigenvalue weighted by atomic mass is 10.1. The summed E-state index contributed by atoms with van der Waals surface area (Å²) in [5.41, 5.74) is 0. The van der Waals surface area contributed by atoms with Crippen molar-refractivity contribution in [3.8, 4) is 0 Å². The molecule has 1 aliphatic heterocycles. The fourth-order valence-corrected chi connectivity index (χ4v) is 5.98.